The van der Waals surface area contributed by atoms with E-state index in [2.05, 4.69) is 19.7 Å². The molecule has 0 aromatic heterocycles. The zero-order valence-electron chi connectivity index (χ0n) is 22.7. The molecule has 0 bridgehead atoms. The third-order valence-corrected chi connectivity index (χ3v) is 6.48. The largest absolute Gasteiger partial charge is 0.451 e. The quantitative estimate of drug-likeness (QED) is 0.0429. The second-order valence-corrected chi connectivity index (χ2v) is 10.0. The molecule has 0 aliphatic heterocycles. The Balaban J connectivity index is 1.82. The molecule has 0 fully saturated rings. The molecule has 0 aliphatic rings. The van der Waals surface area contributed by atoms with Crippen molar-refractivity contribution in [3.05, 3.63) is 69.6 Å². The van der Waals surface area contributed by atoms with Gasteiger partial charge in [0.05, 0.1) is 44.5 Å². The first-order valence-corrected chi connectivity index (χ1v) is 13.8. The first kappa shape index (κ1) is 34.1. The molecule has 2 rings (SSSR count). The van der Waals surface area contributed by atoms with E-state index in [4.69, 9.17) is 35.9 Å². The van der Waals surface area contributed by atoms with Gasteiger partial charge in [-0.2, -0.15) is 4.99 Å². The number of sulfonamides is 1. The number of carbonyl (C=O) groups is 1. The topological polar surface area (TPSA) is 213 Å². The summed E-state index contributed by atoms with van der Waals surface area (Å²) in [5.74, 6) is -4.05. The summed E-state index contributed by atoms with van der Waals surface area (Å²) in [5.41, 5.74) is 18.5. The number of carbonyl (C=O) groups excluding carboxylic acids is 1. The van der Waals surface area contributed by atoms with E-state index in [1.807, 2.05) is 0 Å². The lowest BCUT2D eigenvalue weighted by atomic mass is 10.1. The number of hydrogen-bond donors (Lipinski definition) is 3. The van der Waals surface area contributed by atoms with Gasteiger partial charge < -0.3 is 30.4 Å². The van der Waals surface area contributed by atoms with Crippen LogP contribution in [0.25, 0.3) is 16.5 Å². The molecule has 42 heavy (non-hydrogen) atoms. The molecule has 0 spiro atoms. The second kappa shape index (κ2) is 17.6. The maximum Gasteiger partial charge on any atom is 0.275 e. The molecular weight excluding hydrogens is 580 g/mol. The predicted molar refractivity (Wildman–Crippen MR) is 149 cm³/mol. The number of nitrogens with one attached hydrogen (secondary N) is 1. The molecule has 0 atom stereocenters. The zero-order valence-corrected chi connectivity index (χ0v) is 23.5. The van der Waals surface area contributed by atoms with Gasteiger partial charge in [-0.05, 0) is 60.5 Å². The SMILES string of the molecule is CC(=Cc1cc(F)c(Oc2ccc(S(=O)(=O)NCCOCCOCCOCCN=[N+]=[N-])cc2)c(F)c1)C(=O)N=C(N)N. The van der Waals surface area contributed by atoms with Gasteiger partial charge in [-0.1, -0.05) is 5.11 Å². The minimum Gasteiger partial charge on any atom is -0.451 e. The smallest absolute Gasteiger partial charge is 0.275 e. The van der Waals surface area contributed by atoms with Crippen molar-refractivity contribution in [1.29, 1.82) is 0 Å². The monoisotopic (exact) mass is 611 g/mol. The van der Waals surface area contributed by atoms with Crippen molar-refractivity contribution in [2.45, 2.75) is 11.8 Å². The lowest BCUT2D eigenvalue weighted by Crippen LogP contribution is -2.27. The fraction of sp³-hybridized carbons (Fsp3) is 0.360. The molecular formula is C25H31F2N7O7S. The van der Waals surface area contributed by atoms with Crippen LogP contribution in [0.5, 0.6) is 11.5 Å². The van der Waals surface area contributed by atoms with Gasteiger partial charge >= 0.3 is 0 Å². The summed E-state index contributed by atoms with van der Waals surface area (Å²) in [6.07, 6.45) is 1.20. The number of amides is 1. The number of benzene rings is 2. The summed E-state index contributed by atoms with van der Waals surface area (Å²) in [6.45, 7) is 3.21. The van der Waals surface area contributed by atoms with E-state index in [0.717, 1.165) is 12.1 Å². The van der Waals surface area contributed by atoms with Crippen molar-refractivity contribution in [1.82, 2.24) is 4.72 Å². The lowest BCUT2D eigenvalue weighted by molar-refractivity contribution is -0.114. The minimum atomic E-state index is -3.88. The molecule has 1 amide bonds. The Morgan fingerprint density at radius 3 is 2.14 bits per heavy atom. The van der Waals surface area contributed by atoms with Crippen molar-refractivity contribution >= 4 is 28.0 Å². The molecule has 0 radical (unpaired) electrons. The van der Waals surface area contributed by atoms with Crippen LogP contribution in [-0.4, -0.2) is 73.0 Å². The van der Waals surface area contributed by atoms with E-state index in [-0.39, 0.29) is 54.7 Å². The lowest BCUT2D eigenvalue weighted by Gasteiger charge is -2.11. The van der Waals surface area contributed by atoms with E-state index in [1.165, 1.54) is 37.3 Å². The zero-order chi connectivity index (χ0) is 31.0. The molecule has 2 aromatic rings. The fourth-order valence-corrected chi connectivity index (χ4v) is 4.12. The molecule has 0 heterocycles. The van der Waals surface area contributed by atoms with E-state index in [9.17, 15) is 22.0 Å². The van der Waals surface area contributed by atoms with Gasteiger partial charge in [-0.25, -0.2) is 21.9 Å². The fourth-order valence-electron chi connectivity index (χ4n) is 3.11. The van der Waals surface area contributed by atoms with E-state index < -0.39 is 39.3 Å². The highest BCUT2D eigenvalue weighted by Crippen LogP contribution is 2.30. The Bertz CT molecular complexity index is 1390. The Morgan fingerprint density at radius 2 is 1.57 bits per heavy atom. The summed E-state index contributed by atoms with van der Waals surface area (Å²) in [5, 5.41) is 3.33. The third-order valence-electron chi connectivity index (χ3n) is 5.01. The van der Waals surface area contributed by atoms with Crippen molar-refractivity contribution in [3.63, 3.8) is 0 Å². The summed E-state index contributed by atoms with van der Waals surface area (Å²) in [7, 11) is -3.88. The first-order chi connectivity index (χ1) is 20.0. The highest BCUT2D eigenvalue weighted by Gasteiger charge is 2.16. The number of halogens is 2. The van der Waals surface area contributed by atoms with Gasteiger partial charge in [0.1, 0.15) is 5.75 Å². The highest BCUT2D eigenvalue weighted by atomic mass is 32.2. The van der Waals surface area contributed by atoms with Crippen molar-refractivity contribution in [2.75, 3.05) is 52.7 Å². The number of hydrogen-bond acceptors (Lipinski definition) is 8. The Hall–Kier alpha value is -4.12. The number of rotatable bonds is 18. The molecule has 0 unspecified atom stereocenters. The molecule has 0 aliphatic carbocycles. The van der Waals surface area contributed by atoms with Crippen LogP contribution in [0.3, 0.4) is 0 Å². The maximum absolute atomic E-state index is 14.6. The van der Waals surface area contributed by atoms with Crippen LogP contribution in [0.1, 0.15) is 12.5 Å². The molecule has 17 heteroatoms. The summed E-state index contributed by atoms with van der Waals surface area (Å²) < 4.78 is 77.6. The predicted octanol–water partition coefficient (Wildman–Crippen LogP) is 2.60. The molecule has 5 N–H and O–H groups in total. The summed E-state index contributed by atoms with van der Waals surface area (Å²) in [6, 6.07) is 6.82. The number of azide groups is 1. The van der Waals surface area contributed by atoms with Gasteiger partial charge in [0, 0.05) is 23.6 Å². The van der Waals surface area contributed by atoms with Gasteiger partial charge in [-0.3, -0.25) is 4.79 Å². The summed E-state index contributed by atoms with van der Waals surface area (Å²) in [4.78, 5) is 17.7. The van der Waals surface area contributed by atoms with Gasteiger partial charge in [-0.15, -0.1) is 0 Å². The Labute approximate surface area is 241 Å². The Kier molecular flexibility index (Phi) is 14.3. The number of guanidine groups is 1. The number of nitrogens with zero attached hydrogens (tertiary/aromatic N) is 4. The van der Waals surface area contributed by atoms with E-state index in [1.54, 1.807) is 0 Å². The molecule has 14 nitrogen and oxygen atoms in total. The van der Waals surface area contributed by atoms with Gasteiger partial charge in [0.2, 0.25) is 10.0 Å². The van der Waals surface area contributed by atoms with Crippen LogP contribution in [0.2, 0.25) is 0 Å². The molecule has 2 aromatic carbocycles. The van der Waals surface area contributed by atoms with Crippen molar-refractivity contribution in [3.8, 4) is 11.5 Å². The first-order valence-electron chi connectivity index (χ1n) is 12.4. The van der Waals surface area contributed by atoms with Crippen molar-refractivity contribution in [2.24, 2.45) is 21.6 Å². The second-order valence-electron chi connectivity index (χ2n) is 8.25. The standard InChI is InChI=1S/C25H31F2N7O7S/c1-17(24(35)33-25(28)29)14-18-15-21(26)23(22(27)16-18)41-19-2-4-20(5-3-19)42(36,37)32-7-9-39-11-13-40-12-10-38-8-6-31-34-30/h2-5,14-16,32H,6-13H2,1H3,(H4,28,29,33,35). The van der Waals surface area contributed by atoms with Crippen LogP contribution in [0.4, 0.5) is 8.78 Å². The molecule has 228 valence electrons. The van der Waals surface area contributed by atoms with Crippen LogP contribution in [-0.2, 0) is 29.0 Å². The molecule has 0 saturated heterocycles. The van der Waals surface area contributed by atoms with Crippen LogP contribution in [0, 0.1) is 11.6 Å². The van der Waals surface area contributed by atoms with E-state index in [0.29, 0.717) is 19.8 Å². The molecule has 0 saturated carbocycles. The van der Waals surface area contributed by atoms with E-state index >= 15 is 0 Å². The number of aliphatic imine (C=N–C) groups is 1. The highest BCUT2D eigenvalue weighted by molar-refractivity contribution is 7.89. The van der Waals surface area contributed by atoms with Gasteiger partial charge in [0.25, 0.3) is 5.91 Å². The average Bonchev–Trinajstić information content (AvgIpc) is 2.93. The van der Waals surface area contributed by atoms with Crippen LogP contribution < -0.4 is 20.9 Å². The Morgan fingerprint density at radius 1 is 1.00 bits per heavy atom. The maximum atomic E-state index is 14.6. The number of nitrogens with two attached hydrogens (primary N) is 2. The summed E-state index contributed by atoms with van der Waals surface area (Å²) >= 11 is 0. The van der Waals surface area contributed by atoms with Crippen LogP contribution in [0.15, 0.2) is 57.0 Å². The van der Waals surface area contributed by atoms with Crippen LogP contribution >= 0.6 is 0 Å². The van der Waals surface area contributed by atoms with Crippen molar-refractivity contribution < 1.29 is 40.9 Å². The number of ether oxygens (including phenoxy) is 4. The third kappa shape index (κ3) is 12.2. The minimum absolute atomic E-state index is 0.00263. The normalized spacial score (nSPS) is 11.5. The average molecular weight is 612 g/mol. The van der Waals surface area contributed by atoms with Gasteiger partial charge in [0.15, 0.2) is 23.3 Å².